The predicted octanol–water partition coefficient (Wildman–Crippen LogP) is 1.58. The van der Waals surface area contributed by atoms with Crippen LogP contribution >= 0.6 is 0 Å². The number of carbonyl (C=O) groups is 2. The summed E-state index contributed by atoms with van der Waals surface area (Å²) in [5.41, 5.74) is 0. The molecule has 1 unspecified atom stereocenters. The molecule has 0 bridgehead atoms. The molecule has 0 amide bonds. The van der Waals surface area contributed by atoms with E-state index < -0.39 is 0 Å². The van der Waals surface area contributed by atoms with Crippen LogP contribution in [-0.4, -0.2) is 12.1 Å². The summed E-state index contributed by atoms with van der Waals surface area (Å²) in [6.45, 7) is 3.79. The van der Waals surface area contributed by atoms with Crippen LogP contribution in [0.4, 0.5) is 0 Å². The van der Waals surface area contributed by atoms with Gasteiger partial charge in [-0.25, -0.2) is 0 Å². The van der Waals surface area contributed by atoms with Crippen molar-refractivity contribution >= 4 is 12.1 Å². The van der Waals surface area contributed by atoms with Crippen molar-refractivity contribution in [3.05, 3.63) is 0 Å². The van der Waals surface area contributed by atoms with Crippen molar-refractivity contribution in [1.29, 1.82) is 0 Å². The summed E-state index contributed by atoms with van der Waals surface area (Å²) in [6.07, 6.45) is 2.76. The molecule has 2 nitrogen and oxygen atoms in total. The first kappa shape index (κ1) is 13.6. The van der Waals surface area contributed by atoms with Crippen molar-refractivity contribution in [3.8, 4) is 0 Å². The summed E-state index contributed by atoms with van der Waals surface area (Å²) in [5.74, 6) is -0.264. The van der Waals surface area contributed by atoms with Gasteiger partial charge in [-0.2, -0.15) is 0 Å². The molecule has 0 aliphatic rings. The smallest absolute Gasteiger partial charge is 0.143 e. The molecule has 62 valence electrons. The van der Waals surface area contributed by atoms with Gasteiger partial charge in [0.1, 0.15) is 12.1 Å². The summed E-state index contributed by atoms with van der Waals surface area (Å²) in [7, 11) is 0. The number of Topliss-reactive ketones (excluding diaryl/α,β-unsaturated/α-hetero) is 1. The van der Waals surface area contributed by atoms with Gasteiger partial charge in [-0.1, -0.05) is 13.8 Å². The minimum Gasteiger partial charge on any atom is -0.303 e. The predicted molar refractivity (Wildman–Crippen MR) is 39.8 cm³/mol. The van der Waals surface area contributed by atoms with E-state index in [9.17, 15) is 9.59 Å². The number of carbonyl (C=O) groups excluding carboxylic acids is 2. The number of hydrogen-bond acceptors (Lipinski definition) is 2. The largest absolute Gasteiger partial charge is 0.303 e. The zero-order valence-corrected chi connectivity index (χ0v) is 8.65. The van der Waals surface area contributed by atoms with Crippen LogP contribution in [-0.2, 0) is 31.3 Å². The maximum Gasteiger partial charge on any atom is 0.143 e. The summed E-state index contributed by atoms with van der Waals surface area (Å²) < 4.78 is 0. The Morgan fingerprint density at radius 1 is 1.45 bits per heavy atom. The van der Waals surface area contributed by atoms with Gasteiger partial charge in [0.25, 0.3) is 0 Å². The van der Waals surface area contributed by atoms with Crippen molar-refractivity contribution in [3.63, 3.8) is 0 Å². The molecule has 0 aromatic heterocycles. The number of aldehydes is 1. The van der Waals surface area contributed by atoms with Gasteiger partial charge in [-0.3, -0.25) is 4.79 Å². The SMILES string of the molecule is CCCC(=O)C(C=O)CC.[Ti]. The van der Waals surface area contributed by atoms with E-state index in [-0.39, 0.29) is 33.4 Å². The number of hydrogen-bond donors (Lipinski definition) is 0. The third kappa shape index (κ3) is 5.34. The second kappa shape index (κ2) is 8.15. The topological polar surface area (TPSA) is 34.1 Å². The summed E-state index contributed by atoms with van der Waals surface area (Å²) in [5, 5.41) is 0. The fourth-order valence-electron chi connectivity index (χ4n) is 0.832. The molecule has 1 atom stereocenters. The summed E-state index contributed by atoms with van der Waals surface area (Å²) in [4.78, 5) is 21.2. The van der Waals surface area contributed by atoms with Crippen molar-refractivity contribution in [2.75, 3.05) is 0 Å². The molecule has 0 aromatic carbocycles. The van der Waals surface area contributed by atoms with Crippen LogP contribution < -0.4 is 0 Å². The molecule has 0 fully saturated rings. The van der Waals surface area contributed by atoms with Gasteiger partial charge in [0.15, 0.2) is 0 Å². The zero-order valence-electron chi connectivity index (χ0n) is 7.09. The fraction of sp³-hybridized carbons (Fsp3) is 0.750. The van der Waals surface area contributed by atoms with Crippen LogP contribution in [0.3, 0.4) is 0 Å². The van der Waals surface area contributed by atoms with Gasteiger partial charge < -0.3 is 4.79 Å². The van der Waals surface area contributed by atoms with Crippen molar-refractivity contribution in [2.24, 2.45) is 5.92 Å². The van der Waals surface area contributed by atoms with Crippen molar-refractivity contribution < 1.29 is 31.3 Å². The Kier molecular flexibility index (Phi) is 10.1. The van der Waals surface area contributed by atoms with E-state index in [1.54, 1.807) is 0 Å². The second-order valence-electron chi connectivity index (χ2n) is 2.37. The van der Waals surface area contributed by atoms with Gasteiger partial charge in [-0.05, 0) is 12.8 Å². The first-order valence-electron chi connectivity index (χ1n) is 3.74. The Hall–Kier alpha value is 0.0543. The molecule has 0 rings (SSSR count). The van der Waals surface area contributed by atoms with Gasteiger partial charge in [0.05, 0.1) is 5.92 Å². The molecule has 0 spiro atoms. The van der Waals surface area contributed by atoms with Crippen LogP contribution in [0.1, 0.15) is 33.1 Å². The van der Waals surface area contributed by atoms with Gasteiger partial charge in [0, 0.05) is 28.1 Å². The molecule has 3 heteroatoms. The molecule has 11 heavy (non-hydrogen) atoms. The van der Waals surface area contributed by atoms with E-state index in [0.29, 0.717) is 12.8 Å². The molecule has 0 saturated carbocycles. The normalized spacial score (nSPS) is 11.5. The maximum atomic E-state index is 11.0. The first-order valence-corrected chi connectivity index (χ1v) is 3.74. The number of rotatable bonds is 5. The molecule has 0 heterocycles. The van der Waals surface area contributed by atoms with E-state index >= 15 is 0 Å². The Bertz CT molecular complexity index is 123. The average Bonchev–Trinajstić information content (AvgIpc) is 1.91. The second-order valence-corrected chi connectivity index (χ2v) is 2.37. The molecule has 0 radical (unpaired) electrons. The van der Waals surface area contributed by atoms with Crippen LogP contribution in [0.5, 0.6) is 0 Å². The molecule has 0 saturated heterocycles. The minimum atomic E-state index is -0.347. The number of ketones is 1. The molecular weight excluding hydrogens is 176 g/mol. The van der Waals surface area contributed by atoms with E-state index in [2.05, 4.69) is 0 Å². The Morgan fingerprint density at radius 2 is 2.00 bits per heavy atom. The average molecular weight is 190 g/mol. The Labute approximate surface area is 82.6 Å². The summed E-state index contributed by atoms with van der Waals surface area (Å²) in [6, 6.07) is 0. The standard InChI is InChI=1S/C8H14O2.Ti/c1-3-5-8(10)7(4-2)6-9;/h6-7H,3-5H2,1-2H3;. The van der Waals surface area contributed by atoms with Crippen LogP contribution in [0.2, 0.25) is 0 Å². The van der Waals surface area contributed by atoms with E-state index in [0.717, 1.165) is 12.7 Å². The van der Waals surface area contributed by atoms with E-state index in [4.69, 9.17) is 0 Å². The molecule has 0 aliphatic carbocycles. The first-order chi connectivity index (χ1) is 4.76. The Balaban J connectivity index is 0. The Morgan fingerprint density at radius 3 is 2.27 bits per heavy atom. The van der Waals surface area contributed by atoms with Crippen molar-refractivity contribution in [1.82, 2.24) is 0 Å². The maximum absolute atomic E-state index is 11.0. The third-order valence-electron chi connectivity index (χ3n) is 1.51. The molecule has 0 aliphatic heterocycles. The molecule has 0 aromatic rings. The molecular formula is C8H14O2Ti. The van der Waals surface area contributed by atoms with Crippen LogP contribution in [0.15, 0.2) is 0 Å². The summed E-state index contributed by atoms with van der Waals surface area (Å²) >= 11 is 0. The van der Waals surface area contributed by atoms with Crippen molar-refractivity contribution in [2.45, 2.75) is 33.1 Å². The van der Waals surface area contributed by atoms with Gasteiger partial charge in [-0.15, -0.1) is 0 Å². The van der Waals surface area contributed by atoms with E-state index in [1.807, 2.05) is 13.8 Å². The van der Waals surface area contributed by atoms with Crippen LogP contribution in [0, 0.1) is 5.92 Å². The minimum absolute atomic E-state index is 0. The van der Waals surface area contributed by atoms with E-state index in [1.165, 1.54) is 0 Å². The van der Waals surface area contributed by atoms with Gasteiger partial charge >= 0.3 is 0 Å². The third-order valence-corrected chi connectivity index (χ3v) is 1.51. The fourth-order valence-corrected chi connectivity index (χ4v) is 0.832. The van der Waals surface area contributed by atoms with Gasteiger partial charge in [0.2, 0.25) is 0 Å². The zero-order chi connectivity index (χ0) is 7.98. The monoisotopic (exact) mass is 190 g/mol. The van der Waals surface area contributed by atoms with Crippen LogP contribution in [0.25, 0.3) is 0 Å². The quantitative estimate of drug-likeness (QED) is 0.374. The molecule has 0 N–H and O–H groups in total.